The van der Waals surface area contributed by atoms with Crippen molar-refractivity contribution in [3.63, 3.8) is 0 Å². The molecule has 0 aliphatic rings. The Labute approximate surface area is 165 Å². The lowest BCUT2D eigenvalue weighted by Gasteiger charge is -2.13. The van der Waals surface area contributed by atoms with E-state index >= 15 is 0 Å². The molecule has 1 heterocycles. The molecule has 1 aromatic heterocycles. The molecular weight excluding hydrogens is 412 g/mol. The lowest BCUT2D eigenvalue weighted by Crippen LogP contribution is -2.23. The second kappa shape index (κ2) is 8.68. The lowest BCUT2D eigenvalue weighted by atomic mass is 10.1. The SMILES string of the molecule is COc1cc(C(=O)NCc2ccccc2Cn2cncn2)cc(OC)c1Br. The molecule has 0 aliphatic heterocycles. The predicted molar refractivity (Wildman–Crippen MR) is 104 cm³/mol. The number of halogens is 1. The molecule has 0 radical (unpaired) electrons. The zero-order valence-electron chi connectivity index (χ0n) is 15.0. The molecule has 0 unspecified atom stereocenters. The van der Waals surface area contributed by atoms with Crippen molar-refractivity contribution in [3.8, 4) is 11.5 Å². The molecule has 0 fully saturated rings. The fourth-order valence-corrected chi connectivity index (χ4v) is 3.20. The van der Waals surface area contributed by atoms with E-state index in [0.717, 1.165) is 11.1 Å². The molecule has 1 N–H and O–H groups in total. The third-order valence-corrected chi connectivity index (χ3v) is 4.85. The van der Waals surface area contributed by atoms with Crippen LogP contribution in [0.1, 0.15) is 21.5 Å². The van der Waals surface area contributed by atoms with E-state index in [1.807, 2.05) is 24.3 Å². The van der Waals surface area contributed by atoms with Crippen molar-refractivity contribution in [1.82, 2.24) is 20.1 Å². The number of rotatable bonds is 7. The minimum absolute atomic E-state index is 0.213. The van der Waals surface area contributed by atoms with Gasteiger partial charge in [-0.05, 0) is 39.2 Å². The van der Waals surface area contributed by atoms with Crippen LogP contribution < -0.4 is 14.8 Å². The van der Waals surface area contributed by atoms with Crippen LogP contribution in [0.5, 0.6) is 11.5 Å². The summed E-state index contributed by atoms with van der Waals surface area (Å²) in [7, 11) is 3.09. The summed E-state index contributed by atoms with van der Waals surface area (Å²) in [4.78, 5) is 16.6. The lowest BCUT2D eigenvalue weighted by molar-refractivity contribution is 0.0950. The molecule has 0 atom stereocenters. The number of aromatic nitrogens is 3. The van der Waals surface area contributed by atoms with Crippen LogP contribution in [-0.4, -0.2) is 34.9 Å². The van der Waals surface area contributed by atoms with Crippen LogP contribution in [0.2, 0.25) is 0 Å². The number of ether oxygens (including phenoxy) is 2. The largest absolute Gasteiger partial charge is 0.495 e. The number of nitrogens with one attached hydrogen (secondary N) is 1. The highest BCUT2D eigenvalue weighted by Gasteiger charge is 2.15. The zero-order chi connectivity index (χ0) is 19.2. The first-order valence-electron chi connectivity index (χ1n) is 8.21. The standard InChI is InChI=1S/C19H19BrN4O3/c1-26-16-7-15(8-17(27-2)18(16)20)19(25)22-9-13-5-3-4-6-14(13)10-24-12-21-11-23-24/h3-8,11-12H,9-10H2,1-2H3,(H,22,25). The molecule has 0 saturated heterocycles. The molecule has 7 nitrogen and oxygen atoms in total. The van der Waals surface area contributed by atoms with Gasteiger partial charge in [-0.25, -0.2) is 9.67 Å². The highest BCUT2D eigenvalue weighted by atomic mass is 79.9. The summed E-state index contributed by atoms with van der Waals surface area (Å²) in [6.07, 6.45) is 3.16. The van der Waals surface area contributed by atoms with Crippen molar-refractivity contribution in [1.29, 1.82) is 0 Å². The van der Waals surface area contributed by atoms with Gasteiger partial charge in [-0.15, -0.1) is 0 Å². The molecule has 3 aromatic rings. The summed E-state index contributed by atoms with van der Waals surface area (Å²) < 4.78 is 13.0. The van der Waals surface area contributed by atoms with Gasteiger partial charge < -0.3 is 14.8 Å². The van der Waals surface area contributed by atoms with Gasteiger partial charge in [0.15, 0.2) is 0 Å². The molecule has 27 heavy (non-hydrogen) atoms. The molecule has 0 bridgehead atoms. The molecule has 1 amide bonds. The predicted octanol–water partition coefficient (Wildman–Crippen LogP) is 3.04. The number of benzene rings is 2. The van der Waals surface area contributed by atoms with Crippen molar-refractivity contribution >= 4 is 21.8 Å². The number of nitrogens with zero attached hydrogens (tertiary/aromatic N) is 3. The van der Waals surface area contributed by atoms with E-state index < -0.39 is 0 Å². The molecular formula is C19H19BrN4O3. The van der Waals surface area contributed by atoms with Crippen molar-refractivity contribution in [2.24, 2.45) is 0 Å². The Bertz CT molecular complexity index is 903. The Kier molecular flexibility index (Phi) is 6.08. The monoisotopic (exact) mass is 430 g/mol. The second-order valence-electron chi connectivity index (χ2n) is 5.74. The van der Waals surface area contributed by atoms with Gasteiger partial charge in [-0.2, -0.15) is 5.10 Å². The fourth-order valence-electron chi connectivity index (χ4n) is 2.65. The average molecular weight is 431 g/mol. The minimum atomic E-state index is -0.213. The van der Waals surface area contributed by atoms with Crippen LogP contribution in [0.4, 0.5) is 0 Å². The Morgan fingerprint density at radius 3 is 2.41 bits per heavy atom. The summed E-state index contributed by atoms with van der Waals surface area (Å²) in [6, 6.07) is 11.2. The van der Waals surface area contributed by atoms with Gasteiger partial charge in [0.25, 0.3) is 5.91 Å². The molecule has 2 aromatic carbocycles. The number of carbonyl (C=O) groups excluding carboxylic acids is 1. The Morgan fingerprint density at radius 1 is 1.15 bits per heavy atom. The number of carbonyl (C=O) groups is 1. The Hall–Kier alpha value is -2.87. The van der Waals surface area contributed by atoms with E-state index in [2.05, 4.69) is 31.3 Å². The highest BCUT2D eigenvalue weighted by molar-refractivity contribution is 9.10. The summed E-state index contributed by atoms with van der Waals surface area (Å²) in [5.74, 6) is 0.854. The maximum absolute atomic E-state index is 12.6. The van der Waals surface area contributed by atoms with Crippen molar-refractivity contribution < 1.29 is 14.3 Å². The van der Waals surface area contributed by atoms with E-state index in [9.17, 15) is 4.79 Å². The van der Waals surface area contributed by atoms with Gasteiger partial charge in [-0.1, -0.05) is 24.3 Å². The van der Waals surface area contributed by atoms with E-state index in [0.29, 0.717) is 34.6 Å². The highest BCUT2D eigenvalue weighted by Crippen LogP contribution is 2.35. The summed E-state index contributed by atoms with van der Waals surface area (Å²) in [6.45, 7) is 0.983. The van der Waals surface area contributed by atoms with Crippen molar-refractivity contribution in [2.45, 2.75) is 13.1 Å². The number of methoxy groups -OCH3 is 2. The van der Waals surface area contributed by atoms with E-state index in [-0.39, 0.29) is 5.91 Å². The Morgan fingerprint density at radius 2 is 1.81 bits per heavy atom. The first-order valence-corrected chi connectivity index (χ1v) is 9.00. The Balaban J connectivity index is 1.75. The van der Waals surface area contributed by atoms with Gasteiger partial charge in [-0.3, -0.25) is 4.79 Å². The number of hydrogen-bond donors (Lipinski definition) is 1. The third-order valence-electron chi connectivity index (χ3n) is 4.06. The van der Waals surface area contributed by atoms with E-state index in [4.69, 9.17) is 9.47 Å². The van der Waals surface area contributed by atoms with Gasteiger partial charge in [0.05, 0.1) is 20.8 Å². The summed E-state index contributed by atoms with van der Waals surface area (Å²) in [5, 5.41) is 7.07. The van der Waals surface area contributed by atoms with E-state index in [1.54, 1.807) is 37.4 Å². The molecule has 0 saturated carbocycles. The fraction of sp³-hybridized carbons (Fsp3) is 0.211. The first kappa shape index (κ1) is 18.9. The topological polar surface area (TPSA) is 78.3 Å². The first-order chi connectivity index (χ1) is 13.1. The van der Waals surface area contributed by atoms with Crippen LogP contribution in [-0.2, 0) is 13.1 Å². The van der Waals surface area contributed by atoms with E-state index in [1.165, 1.54) is 6.33 Å². The molecule has 0 spiro atoms. The maximum atomic E-state index is 12.6. The van der Waals surface area contributed by atoms with Crippen molar-refractivity contribution in [3.05, 3.63) is 70.2 Å². The minimum Gasteiger partial charge on any atom is -0.495 e. The van der Waals surface area contributed by atoms with Crippen LogP contribution in [0.15, 0.2) is 53.5 Å². The quantitative estimate of drug-likeness (QED) is 0.622. The number of amides is 1. The van der Waals surface area contributed by atoms with Gasteiger partial charge in [0.1, 0.15) is 28.6 Å². The van der Waals surface area contributed by atoms with Gasteiger partial charge in [0.2, 0.25) is 0 Å². The van der Waals surface area contributed by atoms with Crippen LogP contribution in [0.25, 0.3) is 0 Å². The molecule has 3 rings (SSSR count). The van der Waals surface area contributed by atoms with Crippen LogP contribution >= 0.6 is 15.9 Å². The maximum Gasteiger partial charge on any atom is 0.251 e. The van der Waals surface area contributed by atoms with Crippen molar-refractivity contribution in [2.75, 3.05) is 14.2 Å². The summed E-state index contributed by atoms with van der Waals surface area (Å²) >= 11 is 3.40. The van der Waals surface area contributed by atoms with Gasteiger partial charge >= 0.3 is 0 Å². The molecule has 8 heteroatoms. The third kappa shape index (κ3) is 4.46. The second-order valence-corrected chi connectivity index (χ2v) is 6.53. The molecule has 140 valence electrons. The molecule has 0 aliphatic carbocycles. The smallest absolute Gasteiger partial charge is 0.251 e. The average Bonchev–Trinajstić information content (AvgIpc) is 3.20. The van der Waals surface area contributed by atoms with Crippen LogP contribution in [0.3, 0.4) is 0 Å². The van der Waals surface area contributed by atoms with Crippen LogP contribution in [0, 0.1) is 0 Å². The van der Waals surface area contributed by atoms with Gasteiger partial charge in [0, 0.05) is 12.1 Å². The zero-order valence-corrected chi connectivity index (χ0v) is 16.6. The number of hydrogen-bond acceptors (Lipinski definition) is 5. The summed E-state index contributed by atoms with van der Waals surface area (Å²) in [5.41, 5.74) is 2.53. The normalized spacial score (nSPS) is 10.5.